The van der Waals surface area contributed by atoms with Gasteiger partial charge >= 0.3 is 0 Å². The first-order chi connectivity index (χ1) is 22.8. The van der Waals surface area contributed by atoms with Crippen molar-refractivity contribution in [2.24, 2.45) is 0 Å². The van der Waals surface area contributed by atoms with Gasteiger partial charge in [-0.2, -0.15) is 24.5 Å². The fourth-order valence-corrected chi connectivity index (χ4v) is 8.77. The maximum absolute atomic E-state index is 13.3. The summed E-state index contributed by atoms with van der Waals surface area (Å²) in [5.41, 5.74) is 1.48. The molecule has 0 bridgehead atoms. The van der Waals surface area contributed by atoms with Crippen molar-refractivity contribution in [2.75, 3.05) is 0 Å². The van der Waals surface area contributed by atoms with Crippen LogP contribution in [0.3, 0.4) is 0 Å². The normalized spacial score (nSPS) is 14.5. The van der Waals surface area contributed by atoms with E-state index in [0.717, 1.165) is 31.9 Å². The number of rotatable bonds is 2. The minimum atomic E-state index is -0.531. The molecule has 216 valence electrons. The number of aromatic nitrogens is 2. The fourth-order valence-electron chi connectivity index (χ4n) is 5.83. The lowest BCUT2D eigenvalue weighted by molar-refractivity contribution is 0.0975. The van der Waals surface area contributed by atoms with Crippen molar-refractivity contribution in [1.82, 2.24) is 8.75 Å². The van der Waals surface area contributed by atoms with E-state index in [1.165, 1.54) is 59.1 Å². The molecule has 0 spiro atoms. The van der Waals surface area contributed by atoms with Crippen LogP contribution in [0.1, 0.15) is 67.9 Å². The van der Waals surface area contributed by atoms with Gasteiger partial charge in [-0.05, 0) is 48.6 Å². The van der Waals surface area contributed by atoms with E-state index in [0.29, 0.717) is 20.8 Å². The largest absolute Gasteiger partial charge is 0.288 e. The van der Waals surface area contributed by atoms with Crippen LogP contribution in [0.25, 0.3) is 48.2 Å². The highest BCUT2D eigenvalue weighted by atomic mass is 32.1. The van der Waals surface area contributed by atoms with Gasteiger partial charge in [-0.25, -0.2) is 4.85 Å². The van der Waals surface area contributed by atoms with Gasteiger partial charge in [0.25, 0.3) is 0 Å². The summed E-state index contributed by atoms with van der Waals surface area (Å²) >= 11 is 3.69. The van der Waals surface area contributed by atoms with Crippen molar-refractivity contribution in [1.29, 1.82) is 15.8 Å². The van der Waals surface area contributed by atoms with Gasteiger partial charge in [0, 0.05) is 42.8 Å². The number of nitriles is 3. The SMILES string of the molecule is [C-]#[N+]c1cc2c(cc1C#N)C(=O)/C(=C/c1cc3c4nsnc4c4cc(C=C5C(=O)c6cc(C#N)c(C#N)cc6C5=O)sc4c3s1)C2=O. The van der Waals surface area contributed by atoms with Crippen LogP contribution in [-0.2, 0) is 0 Å². The van der Waals surface area contributed by atoms with Gasteiger partial charge in [-0.3, -0.25) is 19.2 Å². The van der Waals surface area contributed by atoms with Crippen LogP contribution in [0.5, 0.6) is 0 Å². The molecule has 0 amide bonds. The van der Waals surface area contributed by atoms with Gasteiger partial charge in [0.05, 0.1) is 61.6 Å². The Balaban J connectivity index is 1.25. The van der Waals surface area contributed by atoms with Gasteiger partial charge in [-0.15, -0.1) is 22.7 Å². The summed E-state index contributed by atoms with van der Waals surface area (Å²) in [4.78, 5) is 57.6. The molecule has 10 nitrogen and oxygen atoms in total. The van der Waals surface area contributed by atoms with Gasteiger partial charge < -0.3 is 0 Å². The second-order valence-electron chi connectivity index (χ2n) is 10.5. The number of Topliss-reactive ketones (excluding diaryl/α,β-unsaturated/α-hetero) is 4. The highest BCUT2D eigenvalue weighted by Crippen LogP contribution is 2.44. The number of hydrogen-bond donors (Lipinski definition) is 0. The van der Waals surface area contributed by atoms with Crippen LogP contribution in [0.4, 0.5) is 5.69 Å². The lowest BCUT2D eigenvalue weighted by Crippen LogP contribution is -1.99. The molecule has 0 saturated heterocycles. The number of hydrogen-bond acceptors (Lipinski definition) is 12. The number of ketones is 4. The molecule has 0 aliphatic heterocycles. The minimum Gasteiger partial charge on any atom is -0.288 e. The molecule has 47 heavy (non-hydrogen) atoms. The third-order valence-electron chi connectivity index (χ3n) is 8.01. The highest BCUT2D eigenvalue weighted by Gasteiger charge is 2.36. The summed E-state index contributed by atoms with van der Waals surface area (Å²) in [6.07, 6.45) is 3.01. The first-order valence-electron chi connectivity index (χ1n) is 13.4. The topological polar surface area (TPSA) is 170 Å². The molecular formula is C34H8N6O4S3. The van der Waals surface area contributed by atoms with Gasteiger partial charge in [0.15, 0.2) is 23.1 Å². The fraction of sp³-hybridized carbons (Fsp3) is 0. The predicted molar refractivity (Wildman–Crippen MR) is 175 cm³/mol. The summed E-state index contributed by atoms with van der Waals surface area (Å²) < 4.78 is 10.6. The summed E-state index contributed by atoms with van der Waals surface area (Å²) in [5, 5.41) is 29.7. The molecule has 2 aliphatic rings. The molecule has 0 N–H and O–H groups in total. The molecule has 3 heterocycles. The van der Waals surface area contributed by atoms with Crippen LogP contribution in [0.2, 0.25) is 0 Å². The van der Waals surface area contributed by atoms with Crippen molar-refractivity contribution in [3.8, 4) is 18.2 Å². The number of carbonyl (C=O) groups is 4. The zero-order valence-electron chi connectivity index (χ0n) is 23.2. The summed E-state index contributed by atoms with van der Waals surface area (Å²) in [6, 6.07) is 14.4. The van der Waals surface area contributed by atoms with Gasteiger partial charge in [0.2, 0.25) is 5.69 Å². The number of nitrogens with zero attached hydrogens (tertiary/aromatic N) is 6. The Morgan fingerprint density at radius 3 is 1.43 bits per heavy atom. The van der Waals surface area contributed by atoms with Crippen molar-refractivity contribution in [2.45, 2.75) is 0 Å². The first-order valence-corrected chi connectivity index (χ1v) is 15.8. The Morgan fingerprint density at radius 1 is 0.617 bits per heavy atom. The zero-order valence-corrected chi connectivity index (χ0v) is 25.6. The second-order valence-corrected chi connectivity index (χ2v) is 13.2. The second kappa shape index (κ2) is 10.0. The van der Waals surface area contributed by atoms with E-state index in [1.54, 1.807) is 0 Å². The van der Waals surface area contributed by atoms with E-state index in [2.05, 4.69) is 13.6 Å². The Morgan fingerprint density at radius 2 is 1.02 bits per heavy atom. The molecule has 0 atom stereocenters. The van der Waals surface area contributed by atoms with Crippen molar-refractivity contribution >= 4 is 107 Å². The Bertz CT molecular complexity index is 2520. The van der Waals surface area contributed by atoms with Gasteiger partial charge in [0.1, 0.15) is 23.2 Å². The smallest absolute Gasteiger partial charge is 0.205 e. The molecule has 0 saturated carbocycles. The molecule has 8 rings (SSSR count). The minimum absolute atomic E-state index is 0.00326. The molecule has 0 unspecified atom stereocenters. The third kappa shape index (κ3) is 3.89. The molecule has 3 aromatic carbocycles. The van der Waals surface area contributed by atoms with E-state index in [9.17, 15) is 35.0 Å². The average Bonchev–Trinajstić information content (AvgIpc) is 3.90. The predicted octanol–water partition coefficient (Wildman–Crippen LogP) is 7.21. The third-order valence-corrected chi connectivity index (χ3v) is 10.9. The summed E-state index contributed by atoms with van der Waals surface area (Å²) in [5.74, 6) is -2.11. The van der Waals surface area contributed by atoms with Gasteiger partial charge in [-0.1, -0.05) is 0 Å². The number of fused-ring (bicyclic) bond motifs is 8. The lowest BCUT2D eigenvalue weighted by atomic mass is 10.0. The summed E-state index contributed by atoms with van der Waals surface area (Å²) in [6.45, 7) is 7.32. The molecule has 6 aromatic rings. The molecule has 13 heteroatoms. The zero-order chi connectivity index (χ0) is 32.7. The quantitative estimate of drug-likeness (QED) is 0.106. The maximum Gasteiger partial charge on any atom is 0.205 e. The average molecular weight is 661 g/mol. The maximum atomic E-state index is 13.3. The number of carbonyl (C=O) groups excluding carboxylic acids is 4. The highest BCUT2D eigenvalue weighted by molar-refractivity contribution is 7.28. The van der Waals surface area contributed by atoms with Crippen molar-refractivity contribution in [3.05, 3.63) is 108 Å². The number of benzene rings is 3. The molecular weight excluding hydrogens is 653 g/mol. The van der Waals surface area contributed by atoms with Crippen LogP contribution >= 0.6 is 34.4 Å². The van der Waals surface area contributed by atoms with Crippen molar-refractivity contribution < 1.29 is 19.2 Å². The van der Waals surface area contributed by atoms with E-state index in [4.69, 9.17) is 6.57 Å². The van der Waals surface area contributed by atoms with Crippen molar-refractivity contribution in [3.63, 3.8) is 0 Å². The lowest BCUT2D eigenvalue weighted by Gasteiger charge is -1.98. The van der Waals surface area contributed by atoms with Crippen LogP contribution in [0, 0.1) is 40.6 Å². The monoisotopic (exact) mass is 660 g/mol. The Kier molecular flexibility index (Phi) is 5.97. The van der Waals surface area contributed by atoms with E-state index >= 15 is 0 Å². The Labute approximate surface area is 275 Å². The molecule has 3 aromatic heterocycles. The first kappa shape index (κ1) is 28.0. The van der Waals surface area contributed by atoms with E-state index in [1.807, 2.05) is 30.3 Å². The van der Waals surface area contributed by atoms with E-state index in [-0.39, 0.29) is 55.8 Å². The molecule has 0 fully saturated rings. The van der Waals surface area contributed by atoms with Crippen LogP contribution in [-0.4, -0.2) is 31.9 Å². The molecule has 0 radical (unpaired) electrons. The number of thiophene rings is 2. The summed E-state index contributed by atoms with van der Waals surface area (Å²) in [7, 11) is 0. The molecule has 2 aliphatic carbocycles. The standard InChI is InChI=1S/C34H8N6O4S3/c1-38-26-9-21-20(4-15(26)12-37)31(43)25(32(21)44)8-17-6-23-28-27(39-47-40-28)22-5-16(45-33(22)34(23)46-17)7-24-29(41)18-2-13(10-35)14(11-36)3-19(18)30(24)42/h2-9H/b25-8-. The Hall–Kier alpha value is -6.48. The van der Waals surface area contributed by atoms with Crippen LogP contribution < -0.4 is 0 Å². The van der Waals surface area contributed by atoms with E-state index < -0.39 is 23.1 Å². The number of allylic oxidation sites excluding steroid dienone is 2. The van der Waals surface area contributed by atoms with Crippen LogP contribution in [0.15, 0.2) is 47.5 Å².